The predicted octanol–water partition coefficient (Wildman–Crippen LogP) is 3.38. The van der Waals surface area contributed by atoms with Crippen molar-refractivity contribution >= 4 is 6.09 Å². The Morgan fingerprint density at radius 1 is 1.00 bits per heavy atom. The van der Waals surface area contributed by atoms with Crippen LogP contribution in [-0.4, -0.2) is 27.9 Å². The second kappa shape index (κ2) is 3.95. The van der Waals surface area contributed by atoms with Crippen LogP contribution >= 0.6 is 0 Å². The van der Waals surface area contributed by atoms with E-state index in [1.165, 1.54) is 0 Å². The minimum Gasteiger partial charge on any atom is -0.444 e. The Morgan fingerprint density at radius 2 is 1.52 bits per heavy atom. The SMILES string of the molecule is CC(C)(C)OC(=O)NC12CC3(O)C[C@@](C)(C1)C[C@](C)(C3)C2. The lowest BCUT2D eigenvalue weighted by molar-refractivity contribution is -0.203. The monoisotopic (exact) mass is 295 g/mol. The maximum Gasteiger partial charge on any atom is 0.408 e. The van der Waals surface area contributed by atoms with Crippen LogP contribution in [0.4, 0.5) is 4.79 Å². The van der Waals surface area contributed by atoms with E-state index in [0.29, 0.717) is 6.42 Å². The molecule has 120 valence electrons. The molecular formula is C17H29NO3. The van der Waals surface area contributed by atoms with Gasteiger partial charge in [0.05, 0.1) is 5.60 Å². The first-order valence-corrected chi connectivity index (χ1v) is 8.08. The molecule has 0 aromatic heterocycles. The fraction of sp³-hybridized carbons (Fsp3) is 0.941. The molecule has 4 heteroatoms. The number of amides is 1. The van der Waals surface area contributed by atoms with Gasteiger partial charge in [-0.2, -0.15) is 0 Å². The Balaban J connectivity index is 1.83. The second-order valence-corrected chi connectivity index (χ2v) is 9.81. The van der Waals surface area contributed by atoms with E-state index in [2.05, 4.69) is 19.2 Å². The fourth-order valence-corrected chi connectivity index (χ4v) is 6.29. The largest absolute Gasteiger partial charge is 0.444 e. The van der Waals surface area contributed by atoms with Gasteiger partial charge in [-0.15, -0.1) is 0 Å². The molecule has 4 bridgehead atoms. The summed E-state index contributed by atoms with van der Waals surface area (Å²) in [5.41, 5.74) is -1.14. The highest BCUT2D eigenvalue weighted by Crippen LogP contribution is 2.67. The molecule has 0 heterocycles. The molecule has 21 heavy (non-hydrogen) atoms. The Morgan fingerprint density at radius 3 is 1.95 bits per heavy atom. The van der Waals surface area contributed by atoms with Crippen LogP contribution in [0.3, 0.4) is 0 Å². The molecule has 4 saturated carbocycles. The van der Waals surface area contributed by atoms with E-state index >= 15 is 0 Å². The molecule has 1 amide bonds. The molecule has 0 spiro atoms. The lowest BCUT2D eigenvalue weighted by Crippen LogP contribution is -2.70. The van der Waals surface area contributed by atoms with Crippen LogP contribution in [0, 0.1) is 10.8 Å². The molecule has 0 radical (unpaired) electrons. The van der Waals surface area contributed by atoms with Gasteiger partial charge in [0.2, 0.25) is 0 Å². The smallest absolute Gasteiger partial charge is 0.408 e. The lowest BCUT2D eigenvalue weighted by Gasteiger charge is -2.67. The van der Waals surface area contributed by atoms with Crippen molar-refractivity contribution < 1.29 is 14.6 Å². The zero-order valence-electron chi connectivity index (χ0n) is 14.0. The van der Waals surface area contributed by atoms with Gasteiger partial charge in [-0.05, 0) is 70.1 Å². The van der Waals surface area contributed by atoms with Gasteiger partial charge in [-0.25, -0.2) is 4.79 Å². The number of nitrogens with one attached hydrogen (secondary N) is 1. The average Bonchev–Trinajstić information content (AvgIpc) is 2.01. The third-order valence-corrected chi connectivity index (χ3v) is 5.33. The summed E-state index contributed by atoms with van der Waals surface area (Å²) in [6, 6.07) is 0. The van der Waals surface area contributed by atoms with Gasteiger partial charge in [0.15, 0.2) is 0 Å². The number of hydrogen-bond donors (Lipinski definition) is 2. The molecule has 2 N–H and O–H groups in total. The van der Waals surface area contributed by atoms with Crippen molar-refractivity contribution in [2.75, 3.05) is 0 Å². The lowest BCUT2D eigenvalue weighted by atomic mass is 9.41. The first-order valence-electron chi connectivity index (χ1n) is 8.08. The normalized spacial score (nSPS) is 48.3. The number of alkyl carbamates (subject to hydrolysis) is 1. The molecule has 0 saturated heterocycles. The van der Waals surface area contributed by atoms with E-state index in [-0.39, 0.29) is 22.5 Å². The number of ether oxygens (including phenoxy) is 1. The van der Waals surface area contributed by atoms with Crippen LogP contribution in [0.25, 0.3) is 0 Å². The fourth-order valence-electron chi connectivity index (χ4n) is 6.29. The van der Waals surface area contributed by atoms with Gasteiger partial charge in [0.1, 0.15) is 5.60 Å². The van der Waals surface area contributed by atoms with Crippen molar-refractivity contribution in [1.29, 1.82) is 0 Å². The van der Waals surface area contributed by atoms with E-state index < -0.39 is 11.2 Å². The van der Waals surface area contributed by atoms with Crippen molar-refractivity contribution in [3.8, 4) is 0 Å². The second-order valence-electron chi connectivity index (χ2n) is 9.81. The Bertz CT molecular complexity index is 425. The van der Waals surface area contributed by atoms with Gasteiger partial charge in [0.25, 0.3) is 0 Å². The zero-order valence-corrected chi connectivity index (χ0v) is 14.0. The molecule has 4 aliphatic rings. The maximum atomic E-state index is 12.2. The van der Waals surface area contributed by atoms with Crippen LogP contribution in [0.15, 0.2) is 0 Å². The molecule has 4 atom stereocenters. The average molecular weight is 295 g/mol. The maximum absolute atomic E-state index is 12.2. The third kappa shape index (κ3) is 2.79. The van der Waals surface area contributed by atoms with Gasteiger partial charge >= 0.3 is 6.09 Å². The topological polar surface area (TPSA) is 58.6 Å². The molecule has 4 aliphatic carbocycles. The minimum atomic E-state index is -0.618. The third-order valence-electron chi connectivity index (χ3n) is 5.33. The van der Waals surface area contributed by atoms with Crippen LogP contribution in [0.5, 0.6) is 0 Å². The van der Waals surface area contributed by atoms with Crippen molar-refractivity contribution in [2.24, 2.45) is 10.8 Å². The Hall–Kier alpha value is -0.770. The molecule has 4 nitrogen and oxygen atoms in total. The van der Waals surface area contributed by atoms with E-state index in [1.54, 1.807) is 0 Å². The minimum absolute atomic E-state index is 0.132. The van der Waals surface area contributed by atoms with Crippen LogP contribution in [-0.2, 0) is 4.74 Å². The van der Waals surface area contributed by atoms with Gasteiger partial charge in [-0.3, -0.25) is 0 Å². The highest BCUT2D eigenvalue weighted by atomic mass is 16.6. The van der Waals surface area contributed by atoms with Crippen LogP contribution in [0.2, 0.25) is 0 Å². The summed E-state index contributed by atoms with van der Waals surface area (Å²) in [4.78, 5) is 12.2. The Labute approximate surface area is 127 Å². The molecule has 2 unspecified atom stereocenters. The van der Waals surface area contributed by atoms with Crippen molar-refractivity contribution in [3.63, 3.8) is 0 Å². The van der Waals surface area contributed by atoms with E-state index in [4.69, 9.17) is 4.74 Å². The number of hydrogen-bond acceptors (Lipinski definition) is 3. The quantitative estimate of drug-likeness (QED) is 0.779. The van der Waals surface area contributed by atoms with E-state index in [1.807, 2.05) is 20.8 Å². The van der Waals surface area contributed by atoms with Crippen LogP contribution < -0.4 is 5.32 Å². The van der Waals surface area contributed by atoms with Crippen molar-refractivity contribution in [1.82, 2.24) is 5.32 Å². The van der Waals surface area contributed by atoms with Gasteiger partial charge < -0.3 is 15.2 Å². The highest BCUT2D eigenvalue weighted by molar-refractivity contribution is 5.69. The first kappa shape index (κ1) is 15.1. The zero-order chi connectivity index (χ0) is 15.7. The number of rotatable bonds is 1. The van der Waals surface area contributed by atoms with E-state index in [0.717, 1.165) is 32.1 Å². The molecule has 0 aromatic carbocycles. The van der Waals surface area contributed by atoms with Crippen molar-refractivity contribution in [2.45, 2.75) is 89.9 Å². The summed E-state index contributed by atoms with van der Waals surface area (Å²) in [7, 11) is 0. The molecular weight excluding hydrogens is 266 g/mol. The first-order chi connectivity index (χ1) is 9.34. The Kier molecular flexibility index (Phi) is 2.85. The number of aliphatic hydroxyl groups is 1. The van der Waals surface area contributed by atoms with Gasteiger partial charge in [0, 0.05) is 5.54 Å². The highest BCUT2D eigenvalue weighted by Gasteiger charge is 2.65. The summed E-state index contributed by atoms with van der Waals surface area (Å²) in [6.45, 7) is 10.2. The number of carbonyl (C=O) groups is 1. The van der Waals surface area contributed by atoms with Crippen LogP contribution in [0.1, 0.15) is 73.1 Å². The molecule has 0 aromatic rings. The molecule has 0 aliphatic heterocycles. The van der Waals surface area contributed by atoms with Gasteiger partial charge in [-0.1, -0.05) is 13.8 Å². The molecule has 4 fully saturated rings. The molecule has 4 rings (SSSR count). The standard InChI is InChI=1S/C17H29NO3/c1-13(2,3)21-12(19)18-16-7-14(4)6-15(5,8-16)10-17(20,9-14)11-16/h20H,6-11H2,1-5H3,(H,18,19)/t14-,15+,16?,17?. The number of carbonyl (C=O) groups excluding carboxylic acids is 1. The summed E-state index contributed by atoms with van der Waals surface area (Å²) >= 11 is 0. The summed E-state index contributed by atoms with van der Waals surface area (Å²) < 4.78 is 5.44. The summed E-state index contributed by atoms with van der Waals surface area (Å²) in [6.07, 6.45) is 5.12. The predicted molar refractivity (Wildman–Crippen MR) is 81.0 cm³/mol. The van der Waals surface area contributed by atoms with Crippen molar-refractivity contribution in [3.05, 3.63) is 0 Å². The summed E-state index contributed by atoms with van der Waals surface area (Å²) in [5.74, 6) is 0. The summed E-state index contributed by atoms with van der Waals surface area (Å²) in [5, 5.41) is 14.1. The van der Waals surface area contributed by atoms with E-state index in [9.17, 15) is 9.90 Å².